The molecule has 2 aromatic rings. The van der Waals surface area contributed by atoms with Gasteiger partial charge in [-0.25, -0.2) is 4.79 Å². The Kier molecular flexibility index (Phi) is 10.5. The van der Waals surface area contributed by atoms with E-state index in [1.165, 1.54) is 6.20 Å². The summed E-state index contributed by atoms with van der Waals surface area (Å²) in [7, 11) is 0. The van der Waals surface area contributed by atoms with E-state index < -0.39 is 0 Å². The number of rotatable bonds is 13. The van der Waals surface area contributed by atoms with Crippen molar-refractivity contribution in [1.29, 1.82) is 0 Å². The molecule has 5 nitrogen and oxygen atoms in total. The van der Waals surface area contributed by atoms with Crippen molar-refractivity contribution in [3.63, 3.8) is 0 Å². The minimum Gasteiger partial charge on any atom is -0.492 e. The van der Waals surface area contributed by atoms with E-state index in [1.807, 2.05) is 36.4 Å². The molecule has 3 N–H and O–H groups in total. The van der Waals surface area contributed by atoms with Crippen molar-refractivity contribution < 1.29 is 9.53 Å². The molecule has 0 aliphatic rings. The lowest BCUT2D eigenvalue weighted by molar-refractivity contribution is 0.303. The molecular formula is C22H27Cl2N3O2. The highest BCUT2D eigenvalue weighted by Crippen LogP contribution is 2.25. The van der Waals surface area contributed by atoms with Crippen LogP contribution in [0.5, 0.6) is 5.75 Å². The van der Waals surface area contributed by atoms with Crippen LogP contribution in [0, 0.1) is 0 Å². The molecule has 0 unspecified atom stereocenters. The Labute approximate surface area is 182 Å². The molecule has 29 heavy (non-hydrogen) atoms. The number of nitrogens with one attached hydrogen (secondary N) is 3. The normalized spacial score (nSPS) is 11.4. The van der Waals surface area contributed by atoms with Crippen molar-refractivity contribution in [3.8, 4) is 5.75 Å². The van der Waals surface area contributed by atoms with Gasteiger partial charge in [0.15, 0.2) is 0 Å². The van der Waals surface area contributed by atoms with E-state index in [1.54, 1.807) is 12.0 Å². The second-order valence-corrected chi connectivity index (χ2v) is 7.40. The van der Waals surface area contributed by atoms with Crippen molar-refractivity contribution in [2.24, 2.45) is 0 Å². The van der Waals surface area contributed by atoms with Gasteiger partial charge in [0.25, 0.3) is 0 Å². The molecule has 0 heterocycles. The van der Waals surface area contributed by atoms with Crippen LogP contribution < -0.4 is 20.7 Å². The molecule has 156 valence electrons. The lowest BCUT2D eigenvalue weighted by Gasteiger charge is -2.20. The highest BCUT2D eigenvalue weighted by molar-refractivity contribution is 6.42. The summed E-state index contributed by atoms with van der Waals surface area (Å²) in [6, 6.07) is 13.3. The molecule has 0 aromatic heterocycles. The van der Waals surface area contributed by atoms with Gasteiger partial charge in [0.1, 0.15) is 18.3 Å². The second-order valence-electron chi connectivity index (χ2n) is 6.58. The Morgan fingerprint density at radius 3 is 2.55 bits per heavy atom. The number of ether oxygens (including phenoxy) is 1. The summed E-state index contributed by atoms with van der Waals surface area (Å²) in [5, 5.41) is 10.9. The Balaban J connectivity index is 1.75. The van der Waals surface area contributed by atoms with Gasteiger partial charge in [0.05, 0.1) is 16.2 Å². The summed E-state index contributed by atoms with van der Waals surface area (Å²) >= 11 is 12.1. The van der Waals surface area contributed by atoms with E-state index in [0.29, 0.717) is 22.7 Å². The smallest absolute Gasteiger partial charge is 0.142 e. The number of anilines is 2. The highest BCUT2D eigenvalue weighted by atomic mass is 35.5. The van der Waals surface area contributed by atoms with Crippen LogP contribution in [-0.2, 0) is 4.79 Å². The van der Waals surface area contributed by atoms with Gasteiger partial charge in [0.2, 0.25) is 0 Å². The molecule has 0 spiro atoms. The zero-order valence-electron chi connectivity index (χ0n) is 16.5. The van der Waals surface area contributed by atoms with E-state index in [0.717, 1.165) is 49.5 Å². The van der Waals surface area contributed by atoms with Crippen LogP contribution in [0.15, 0.2) is 48.7 Å². The van der Waals surface area contributed by atoms with E-state index in [2.05, 4.69) is 22.9 Å². The van der Waals surface area contributed by atoms with Crippen molar-refractivity contribution >= 4 is 40.5 Å². The standard InChI is InChI=1S/C22H27Cl2N3O2/c1-2-3-4-19(16-27-18-7-10-21(23)22(24)15-18)26-12-14-29-20-8-5-17(6-9-20)25-11-13-28/h5-11,15,19,25-27H,2-4,12,14,16H2,1H3/t19-/m0/s1. The summed E-state index contributed by atoms with van der Waals surface area (Å²) in [6.07, 6.45) is 4.62. The molecule has 2 rings (SSSR count). The minimum absolute atomic E-state index is 0.328. The molecule has 0 amide bonds. The van der Waals surface area contributed by atoms with E-state index in [9.17, 15) is 4.79 Å². The van der Waals surface area contributed by atoms with Gasteiger partial charge in [-0.1, -0.05) is 43.0 Å². The fraction of sp³-hybridized carbons (Fsp3) is 0.364. The number of carbonyl (C=O) groups excluding carboxylic acids is 1. The third-order valence-electron chi connectivity index (χ3n) is 4.33. The van der Waals surface area contributed by atoms with Gasteiger partial charge in [0, 0.05) is 30.5 Å². The summed E-state index contributed by atoms with van der Waals surface area (Å²) < 4.78 is 5.78. The molecule has 0 saturated heterocycles. The third kappa shape index (κ3) is 8.80. The third-order valence-corrected chi connectivity index (χ3v) is 5.07. The van der Waals surface area contributed by atoms with Crippen LogP contribution in [0.4, 0.5) is 11.4 Å². The maximum absolute atomic E-state index is 10.2. The van der Waals surface area contributed by atoms with Crippen molar-refractivity contribution in [3.05, 3.63) is 58.7 Å². The summed E-state index contributed by atoms with van der Waals surface area (Å²) in [6.45, 7) is 4.29. The molecule has 2 aromatic carbocycles. The number of halogens is 2. The molecule has 7 heteroatoms. The lowest BCUT2D eigenvalue weighted by atomic mass is 10.1. The van der Waals surface area contributed by atoms with Crippen molar-refractivity contribution in [2.75, 3.05) is 30.3 Å². The average molecular weight is 436 g/mol. The highest BCUT2D eigenvalue weighted by Gasteiger charge is 2.08. The first kappa shape index (κ1) is 23.1. The van der Waals surface area contributed by atoms with Crippen LogP contribution in [0.1, 0.15) is 26.2 Å². The molecular weight excluding hydrogens is 409 g/mol. The Morgan fingerprint density at radius 1 is 1.10 bits per heavy atom. The monoisotopic (exact) mass is 435 g/mol. The first-order chi connectivity index (χ1) is 14.1. The van der Waals surface area contributed by atoms with Gasteiger partial charge in [-0.15, -0.1) is 0 Å². The van der Waals surface area contributed by atoms with Crippen LogP contribution in [0.2, 0.25) is 10.0 Å². The van der Waals surface area contributed by atoms with Gasteiger partial charge in [-0.3, -0.25) is 0 Å². The Morgan fingerprint density at radius 2 is 1.86 bits per heavy atom. The van der Waals surface area contributed by atoms with Gasteiger partial charge < -0.3 is 20.7 Å². The first-order valence-corrected chi connectivity index (χ1v) is 10.5. The molecule has 0 fully saturated rings. The van der Waals surface area contributed by atoms with Crippen LogP contribution in [0.25, 0.3) is 0 Å². The van der Waals surface area contributed by atoms with E-state index in [-0.39, 0.29) is 0 Å². The SMILES string of the molecule is CCCC[C@@H](CNc1ccc(Cl)c(Cl)c1)NCCOc1ccc(NC=C=O)cc1. The van der Waals surface area contributed by atoms with Crippen molar-refractivity contribution in [2.45, 2.75) is 32.2 Å². The van der Waals surface area contributed by atoms with Crippen LogP contribution >= 0.6 is 23.2 Å². The molecule has 0 bridgehead atoms. The number of hydrogen-bond donors (Lipinski definition) is 3. The Bertz CT molecular complexity index is 793. The van der Waals surface area contributed by atoms with Gasteiger partial charge in [-0.2, -0.15) is 0 Å². The fourth-order valence-electron chi connectivity index (χ4n) is 2.77. The molecule has 0 aliphatic heterocycles. The zero-order chi connectivity index (χ0) is 20.9. The molecule has 0 saturated carbocycles. The molecule has 1 atom stereocenters. The van der Waals surface area contributed by atoms with Crippen molar-refractivity contribution in [1.82, 2.24) is 5.32 Å². The predicted molar refractivity (Wildman–Crippen MR) is 122 cm³/mol. The average Bonchev–Trinajstić information content (AvgIpc) is 2.74. The second kappa shape index (κ2) is 13.1. The minimum atomic E-state index is 0.328. The van der Waals surface area contributed by atoms with Crippen LogP contribution in [-0.4, -0.2) is 31.7 Å². The summed E-state index contributed by atoms with van der Waals surface area (Å²) in [5.74, 6) is 2.46. The van der Waals surface area contributed by atoms with Gasteiger partial charge in [-0.05, 0) is 48.9 Å². The number of unbranched alkanes of at least 4 members (excludes halogenated alkanes) is 1. The van der Waals surface area contributed by atoms with E-state index in [4.69, 9.17) is 27.9 Å². The maximum atomic E-state index is 10.2. The predicted octanol–water partition coefficient (Wildman–Crippen LogP) is 5.39. The summed E-state index contributed by atoms with van der Waals surface area (Å²) in [5.41, 5.74) is 1.77. The molecule has 0 radical (unpaired) electrons. The van der Waals surface area contributed by atoms with Gasteiger partial charge >= 0.3 is 0 Å². The maximum Gasteiger partial charge on any atom is 0.142 e. The molecule has 0 aliphatic carbocycles. The lowest BCUT2D eigenvalue weighted by Crippen LogP contribution is -2.37. The largest absolute Gasteiger partial charge is 0.492 e. The topological polar surface area (TPSA) is 62.4 Å². The van der Waals surface area contributed by atoms with E-state index >= 15 is 0 Å². The fourth-order valence-corrected chi connectivity index (χ4v) is 3.06. The number of benzene rings is 2. The Hall–Kier alpha value is -2.17. The van der Waals surface area contributed by atoms with Crippen LogP contribution in [0.3, 0.4) is 0 Å². The quantitative estimate of drug-likeness (QED) is 0.290. The zero-order valence-corrected chi connectivity index (χ0v) is 18.0. The number of hydrogen-bond acceptors (Lipinski definition) is 5. The first-order valence-electron chi connectivity index (χ1n) is 9.73. The summed E-state index contributed by atoms with van der Waals surface area (Å²) in [4.78, 5) is 10.2.